The van der Waals surface area contributed by atoms with Crippen LogP contribution < -0.4 is 10.0 Å². The molecule has 0 amide bonds. The molecular formula is C13H19BrClN3O2S. The summed E-state index contributed by atoms with van der Waals surface area (Å²) >= 11 is 9.28. The van der Waals surface area contributed by atoms with E-state index >= 15 is 0 Å². The highest BCUT2D eigenvalue weighted by atomic mass is 79.9. The SMILES string of the molecule is CNCC1CCN(S(=O)(=O)Nc2cccc(Cl)c2Br)CC1. The van der Waals surface area contributed by atoms with E-state index < -0.39 is 10.2 Å². The Labute approximate surface area is 139 Å². The van der Waals surface area contributed by atoms with Crippen molar-refractivity contribution in [3.05, 3.63) is 27.7 Å². The van der Waals surface area contributed by atoms with Gasteiger partial charge in [-0.3, -0.25) is 4.72 Å². The normalized spacial score (nSPS) is 17.9. The molecule has 5 nitrogen and oxygen atoms in total. The molecule has 0 aromatic heterocycles. The van der Waals surface area contributed by atoms with Crippen LogP contribution in [-0.4, -0.2) is 39.4 Å². The molecule has 1 fully saturated rings. The summed E-state index contributed by atoms with van der Waals surface area (Å²) in [4.78, 5) is 0. The van der Waals surface area contributed by atoms with Crippen molar-refractivity contribution >= 4 is 43.4 Å². The molecule has 1 aliphatic heterocycles. The molecule has 1 saturated heterocycles. The average Bonchev–Trinajstić information content (AvgIpc) is 2.45. The number of piperidine rings is 1. The van der Waals surface area contributed by atoms with Crippen LogP contribution in [0, 0.1) is 5.92 Å². The molecule has 0 spiro atoms. The van der Waals surface area contributed by atoms with Gasteiger partial charge in [-0.25, -0.2) is 0 Å². The lowest BCUT2D eigenvalue weighted by Gasteiger charge is -2.31. The Kier molecular flexibility index (Phi) is 5.90. The number of hydrogen-bond acceptors (Lipinski definition) is 3. The minimum absolute atomic E-state index is 0.458. The summed E-state index contributed by atoms with van der Waals surface area (Å²) in [5.41, 5.74) is 0.458. The Morgan fingerprint density at radius 2 is 2.05 bits per heavy atom. The number of anilines is 1. The lowest BCUT2D eigenvalue weighted by Crippen LogP contribution is -2.43. The highest BCUT2D eigenvalue weighted by Gasteiger charge is 2.28. The molecule has 1 aromatic rings. The molecule has 8 heteroatoms. The molecule has 0 saturated carbocycles. The summed E-state index contributed by atoms with van der Waals surface area (Å²) in [5.74, 6) is 0.541. The Balaban J connectivity index is 2.04. The van der Waals surface area contributed by atoms with Crippen LogP contribution in [0.2, 0.25) is 5.02 Å². The zero-order chi connectivity index (χ0) is 15.5. The first-order valence-corrected chi connectivity index (χ1v) is 9.41. The minimum atomic E-state index is -3.54. The lowest BCUT2D eigenvalue weighted by atomic mass is 9.98. The fourth-order valence-corrected chi connectivity index (χ4v) is 4.37. The van der Waals surface area contributed by atoms with E-state index in [-0.39, 0.29) is 0 Å². The molecule has 0 unspecified atom stereocenters. The third-order valence-corrected chi connectivity index (χ3v) is 6.52. The van der Waals surface area contributed by atoms with Crippen molar-refractivity contribution in [2.75, 3.05) is 31.4 Å². The molecule has 0 aliphatic carbocycles. The van der Waals surface area contributed by atoms with Gasteiger partial charge in [0, 0.05) is 13.1 Å². The predicted molar refractivity (Wildman–Crippen MR) is 89.9 cm³/mol. The number of rotatable bonds is 5. The van der Waals surface area contributed by atoms with E-state index in [1.165, 1.54) is 4.31 Å². The van der Waals surface area contributed by atoms with Gasteiger partial charge in [0.2, 0.25) is 0 Å². The Bertz CT molecular complexity index is 589. The van der Waals surface area contributed by atoms with Crippen molar-refractivity contribution in [3.8, 4) is 0 Å². The molecular weight excluding hydrogens is 378 g/mol. The van der Waals surface area contributed by atoms with E-state index in [0.29, 0.717) is 34.2 Å². The Morgan fingerprint density at radius 1 is 1.38 bits per heavy atom. The number of nitrogens with one attached hydrogen (secondary N) is 2. The lowest BCUT2D eigenvalue weighted by molar-refractivity contribution is 0.272. The molecule has 0 bridgehead atoms. The van der Waals surface area contributed by atoms with E-state index in [9.17, 15) is 8.42 Å². The van der Waals surface area contributed by atoms with E-state index in [1.807, 2.05) is 7.05 Å². The van der Waals surface area contributed by atoms with Crippen molar-refractivity contribution in [3.63, 3.8) is 0 Å². The van der Waals surface area contributed by atoms with Crippen LogP contribution in [0.3, 0.4) is 0 Å². The molecule has 2 rings (SSSR count). The van der Waals surface area contributed by atoms with Gasteiger partial charge >= 0.3 is 10.2 Å². The average molecular weight is 397 g/mol. The fourth-order valence-electron chi connectivity index (χ4n) is 2.43. The topological polar surface area (TPSA) is 61.4 Å². The Morgan fingerprint density at radius 3 is 2.67 bits per heavy atom. The van der Waals surface area contributed by atoms with Gasteiger partial charge in [-0.1, -0.05) is 17.7 Å². The largest absolute Gasteiger partial charge is 0.319 e. The van der Waals surface area contributed by atoms with Crippen LogP contribution in [0.1, 0.15) is 12.8 Å². The smallest absolute Gasteiger partial charge is 0.301 e. The van der Waals surface area contributed by atoms with Gasteiger partial charge in [0.25, 0.3) is 0 Å². The van der Waals surface area contributed by atoms with Gasteiger partial charge in [0.05, 0.1) is 15.2 Å². The molecule has 0 atom stereocenters. The van der Waals surface area contributed by atoms with Gasteiger partial charge < -0.3 is 5.32 Å². The second-order valence-electron chi connectivity index (χ2n) is 5.11. The van der Waals surface area contributed by atoms with Crippen molar-refractivity contribution in [2.24, 2.45) is 5.92 Å². The summed E-state index contributed by atoms with van der Waals surface area (Å²) in [6.45, 7) is 2.01. The van der Waals surface area contributed by atoms with E-state index in [0.717, 1.165) is 19.4 Å². The monoisotopic (exact) mass is 395 g/mol. The van der Waals surface area contributed by atoms with Gasteiger partial charge in [-0.2, -0.15) is 12.7 Å². The predicted octanol–water partition coefficient (Wildman–Crippen LogP) is 2.69. The summed E-state index contributed by atoms with van der Waals surface area (Å²) in [6, 6.07) is 5.10. The fraction of sp³-hybridized carbons (Fsp3) is 0.538. The highest BCUT2D eigenvalue weighted by Crippen LogP contribution is 2.31. The van der Waals surface area contributed by atoms with E-state index in [4.69, 9.17) is 11.6 Å². The zero-order valence-electron chi connectivity index (χ0n) is 11.8. The summed E-state index contributed by atoms with van der Waals surface area (Å²) in [6.07, 6.45) is 1.75. The molecule has 118 valence electrons. The number of halogens is 2. The minimum Gasteiger partial charge on any atom is -0.319 e. The summed E-state index contributed by atoms with van der Waals surface area (Å²) in [5, 5.41) is 3.61. The number of nitrogens with zero attached hydrogens (tertiary/aromatic N) is 1. The molecule has 21 heavy (non-hydrogen) atoms. The van der Waals surface area contributed by atoms with Gasteiger partial charge in [0.15, 0.2) is 0 Å². The highest BCUT2D eigenvalue weighted by molar-refractivity contribution is 9.10. The first-order valence-electron chi connectivity index (χ1n) is 6.80. The van der Waals surface area contributed by atoms with E-state index in [1.54, 1.807) is 18.2 Å². The molecule has 1 aliphatic rings. The second kappa shape index (κ2) is 7.28. The van der Waals surface area contributed by atoms with Gasteiger partial charge in [-0.05, 0) is 60.4 Å². The molecule has 2 N–H and O–H groups in total. The maximum absolute atomic E-state index is 12.4. The number of hydrogen-bond donors (Lipinski definition) is 2. The van der Waals surface area contributed by atoms with Crippen molar-refractivity contribution in [1.82, 2.24) is 9.62 Å². The standard InChI is InChI=1S/C13H19BrClN3O2S/c1-16-9-10-5-7-18(8-6-10)21(19,20)17-12-4-2-3-11(15)13(12)14/h2-4,10,16-17H,5-9H2,1H3. The first-order chi connectivity index (χ1) is 9.94. The summed E-state index contributed by atoms with van der Waals surface area (Å²) in [7, 11) is -1.62. The first kappa shape index (κ1) is 17.0. The van der Waals surface area contributed by atoms with Crippen LogP contribution in [0.25, 0.3) is 0 Å². The quantitative estimate of drug-likeness (QED) is 0.804. The van der Waals surface area contributed by atoms with Crippen molar-refractivity contribution in [1.29, 1.82) is 0 Å². The third-order valence-electron chi connectivity index (χ3n) is 3.60. The van der Waals surface area contributed by atoms with Crippen molar-refractivity contribution < 1.29 is 8.42 Å². The summed E-state index contributed by atoms with van der Waals surface area (Å²) < 4.78 is 29.5. The van der Waals surface area contributed by atoms with Crippen LogP contribution in [-0.2, 0) is 10.2 Å². The maximum Gasteiger partial charge on any atom is 0.301 e. The van der Waals surface area contributed by atoms with Crippen LogP contribution in [0.15, 0.2) is 22.7 Å². The molecule has 1 heterocycles. The van der Waals surface area contributed by atoms with Crippen molar-refractivity contribution in [2.45, 2.75) is 12.8 Å². The second-order valence-corrected chi connectivity index (χ2v) is 7.98. The van der Waals surface area contributed by atoms with Crippen LogP contribution in [0.5, 0.6) is 0 Å². The molecule has 1 aromatic carbocycles. The van der Waals surface area contributed by atoms with E-state index in [2.05, 4.69) is 26.0 Å². The van der Waals surface area contributed by atoms with Crippen LogP contribution in [0.4, 0.5) is 5.69 Å². The maximum atomic E-state index is 12.4. The molecule has 0 radical (unpaired) electrons. The van der Waals surface area contributed by atoms with Gasteiger partial charge in [0.1, 0.15) is 0 Å². The number of benzene rings is 1. The van der Waals surface area contributed by atoms with Gasteiger partial charge in [-0.15, -0.1) is 0 Å². The Hall–Kier alpha value is -0.340. The van der Waals surface area contributed by atoms with Crippen LogP contribution >= 0.6 is 27.5 Å². The zero-order valence-corrected chi connectivity index (χ0v) is 14.9. The third kappa shape index (κ3) is 4.32.